The fourth-order valence-corrected chi connectivity index (χ4v) is 1.54. The summed E-state index contributed by atoms with van der Waals surface area (Å²) < 4.78 is 0.959. The number of hydrogen-bond donors (Lipinski definition) is 1. The Bertz CT molecular complexity index is 443. The summed E-state index contributed by atoms with van der Waals surface area (Å²) in [5.74, 6) is 0. The van der Waals surface area contributed by atoms with E-state index in [-0.39, 0.29) is 12.4 Å². The maximum atomic E-state index is 5.58. The van der Waals surface area contributed by atoms with Gasteiger partial charge in [0.05, 0.1) is 0 Å². The molecule has 0 fully saturated rings. The maximum Gasteiger partial charge on any atom is 0.0410 e. The molecule has 0 bridgehead atoms. The SMILES string of the molecule is Cl.Nc1c[c]c(-c2cncc(Br)c2)cc1. The molecule has 0 amide bonds. The van der Waals surface area contributed by atoms with E-state index in [0.29, 0.717) is 0 Å². The van der Waals surface area contributed by atoms with Crippen molar-refractivity contribution in [3.63, 3.8) is 0 Å². The van der Waals surface area contributed by atoms with Gasteiger partial charge < -0.3 is 5.73 Å². The lowest BCUT2D eigenvalue weighted by molar-refractivity contribution is 1.31. The zero-order chi connectivity index (χ0) is 9.97. The van der Waals surface area contributed by atoms with E-state index >= 15 is 0 Å². The lowest BCUT2D eigenvalue weighted by Gasteiger charge is -2.01. The molecule has 15 heavy (non-hydrogen) atoms. The van der Waals surface area contributed by atoms with Gasteiger partial charge in [-0.15, -0.1) is 12.4 Å². The molecule has 0 unspecified atom stereocenters. The summed E-state index contributed by atoms with van der Waals surface area (Å²) in [4.78, 5) is 4.08. The number of nitrogens with zero attached hydrogens (tertiary/aromatic N) is 1. The van der Waals surface area contributed by atoms with Gasteiger partial charge >= 0.3 is 0 Å². The number of nitrogens with two attached hydrogens (primary N) is 1. The molecule has 0 atom stereocenters. The molecule has 1 aromatic heterocycles. The largest absolute Gasteiger partial charge is 0.399 e. The fraction of sp³-hybridized carbons (Fsp3) is 0. The molecule has 2 aromatic rings. The number of rotatable bonds is 1. The molecule has 0 aliphatic heterocycles. The summed E-state index contributed by atoms with van der Waals surface area (Å²) in [6, 6.07) is 10.6. The first kappa shape index (κ1) is 12.0. The molecule has 1 radical (unpaired) electrons. The standard InChI is InChI=1S/C11H8BrN2.ClH/c12-10-5-9(6-14-7-10)8-1-3-11(13)4-2-8;/h1,3-7H,13H2;1H. The third-order valence-electron chi connectivity index (χ3n) is 1.85. The van der Waals surface area contributed by atoms with Crippen molar-refractivity contribution in [2.45, 2.75) is 0 Å². The van der Waals surface area contributed by atoms with Crippen molar-refractivity contribution >= 4 is 34.0 Å². The number of hydrogen-bond acceptors (Lipinski definition) is 2. The van der Waals surface area contributed by atoms with Gasteiger partial charge in [0.1, 0.15) is 0 Å². The van der Waals surface area contributed by atoms with Gasteiger partial charge in [0.15, 0.2) is 0 Å². The summed E-state index contributed by atoms with van der Waals surface area (Å²) in [5, 5.41) is 0. The zero-order valence-corrected chi connectivity index (χ0v) is 10.2. The minimum atomic E-state index is 0. The summed E-state index contributed by atoms with van der Waals surface area (Å²) in [6.07, 6.45) is 3.55. The number of aromatic nitrogens is 1. The van der Waals surface area contributed by atoms with Crippen LogP contribution in [0, 0.1) is 6.07 Å². The lowest BCUT2D eigenvalue weighted by Crippen LogP contribution is -1.85. The molecule has 4 heteroatoms. The first-order valence-corrected chi connectivity index (χ1v) is 4.93. The molecule has 0 saturated carbocycles. The van der Waals surface area contributed by atoms with Crippen molar-refractivity contribution in [3.8, 4) is 11.1 Å². The molecule has 1 aromatic carbocycles. The van der Waals surface area contributed by atoms with Crippen LogP contribution in [0.4, 0.5) is 5.69 Å². The van der Waals surface area contributed by atoms with Crippen LogP contribution in [0.3, 0.4) is 0 Å². The molecule has 2 nitrogen and oxygen atoms in total. The van der Waals surface area contributed by atoms with Crippen molar-refractivity contribution in [2.24, 2.45) is 0 Å². The summed E-state index contributed by atoms with van der Waals surface area (Å²) in [5.41, 5.74) is 8.32. The molecule has 0 spiro atoms. The Morgan fingerprint density at radius 1 is 1.27 bits per heavy atom. The quantitative estimate of drug-likeness (QED) is 0.816. The van der Waals surface area contributed by atoms with Crippen LogP contribution in [0.5, 0.6) is 0 Å². The van der Waals surface area contributed by atoms with E-state index in [2.05, 4.69) is 27.0 Å². The maximum absolute atomic E-state index is 5.58. The van der Waals surface area contributed by atoms with Crippen molar-refractivity contribution in [1.82, 2.24) is 4.98 Å². The number of benzene rings is 1. The van der Waals surface area contributed by atoms with Crippen LogP contribution in [0.2, 0.25) is 0 Å². The van der Waals surface area contributed by atoms with E-state index in [1.807, 2.05) is 18.2 Å². The summed E-state index contributed by atoms with van der Waals surface area (Å²) >= 11 is 3.37. The van der Waals surface area contributed by atoms with E-state index in [9.17, 15) is 0 Å². The molecule has 0 aliphatic carbocycles. The van der Waals surface area contributed by atoms with Crippen molar-refractivity contribution in [2.75, 3.05) is 5.73 Å². The van der Waals surface area contributed by atoms with Crippen LogP contribution in [0.15, 0.2) is 41.1 Å². The van der Waals surface area contributed by atoms with Gasteiger partial charge in [-0.2, -0.15) is 0 Å². The van der Waals surface area contributed by atoms with E-state index in [0.717, 1.165) is 21.3 Å². The van der Waals surface area contributed by atoms with Crippen LogP contribution >= 0.6 is 28.3 Å². The molecule has 77 valence electrons. The van der Waals surface area contributed by atoms with Crippen LogP contribution in [0.25, 0.3) is 11.1 Å². The topological polar surface area (TPSA) is 38.9 Å². The Morgan fingerprint density at radius 3 is 2.67 bits per heavy atom. The second kappa shape index (κ2) is 5.14. The minimum absolute atomic E-state index is 0. The molecular formula is C11H9BrClN2. The summed E-state index contributed by atoms with van der Waals surface area (Å²) in [7, 11) is 0. The van der Waals surface area contributed by atoms with Crippen molar-refractivity contribution in [3.05, 3.63) is 47.2 Å². The van der Waals surface area contributed by atoms with Crippen LogP contribution in [-0.2, 0) is 0 Å². The van der Waals surface area contributed by atoms with E-state index in [1.165, 1.54) is 0 Å². The fourth-order valence-electron chi connectivity index (χ4n) is 1.18. The molecule has 2 N–H and O–H groups in total. The highest BCUT2D eigenvalue weighted by atomic mass is 79.9. The second-order valence-corrected chi connectivity index (χ2v) is 3.84. The highest BCUT2D eigenvalue weighted by molar-refractivity contribution is 9.10. The smallest absolute Gasteiger partial charge is 0.0410 e. The van der Waals surface area contributed by atoms with Crippen molar-refractivity contribution < 1.29 is 0 Å². The van der Waals surface area contributed by atoms with E-state index in [4.69, 9.17) is 5.73 Å². The monoisotopic (exact) mass is 283 g/mol. The Morgan fingerprint density at radius 2 is 2.07 bits per heavy atom. The molecule has 0 saturated heterocycles. The van der Waals surface area contributed by atoms with Crippen LogP contribution in [-0.4, -0.2) is 4.98 Å². The minimum Gasteiger partial charge on any atom is -0.399 e. The molecular weight excluding hydrogens is 275 g/mol. The number of halogens is 2. The Labute approximate surface area is 103 Å². The average molecular weight is 285 g/mol. The molecule has 2 rings (SSSR count). The predicted molar refractivity (Wildman–Crippen MR) is 67.9 cm³/mol. The van der Waals surface area contributed by atoms with Gasteiger partial charge in [0.25, 0.3) is 0 Å². The predicted octanol–water partition coefficient (Wildman–Crippen LogP) is 3.32. The van der Waals surface area contributed by atoms with Gasteiger partial charge in [-0.05, 0) is 45.8 Å². The Kier molecular flexibility index (Phi) is 4.12. The normalized spacial score (nSPS) is 9.40. The third kappa shape index (κ3) is 2.94. The van der Waals surface area contributed by atoms with Gasteiger partial charge in [-0.1, -0.05) is 6.07 Å². The van der Waals surface area contributed by atoms with E-state index in [1.54, 1.807) is 18.5 Å². The van der Waals surface area contributed by atoms with E-state index < -0.39 is 0 Å². The first-order valence-electron chi connectivity index (χ1n) is 4.14. The van der Waals surface area contributed by atoms with Gasteiger partial charge in [0, 0.05) is 28.1 Å². The number of anilines is 1. The zero-order valence-electron chi connectivity index (χ0n) is 7.77. The van der Waals surface area contributed by atoms with Gasteiger partial charge in [-0.25, -0.2) is 0 Å². The highest BCUT2D eigenvalue weighted by Crippen LogP contribution is 2.21. The molecule has 1 heterocycles. The number of nitrogen functional groups attached to an aromatic ring is 1. The summed E-state index contributed by atoms with van der Waals surface area (Å²) in [6.45, 7) is 0. The number of pyridine rings is 1. The highest BCUT2D eigenvalue weighted by Gasteiger charge is 1.98. The van der Waals surface area contributed by atoms with Gasteiger partial charge in [0.2, 0.25) is 0 Å². The van der Waals surface area contributed by atoms with Crippen LogP contribution < -0.4 is 5.73 Å². The Balaban J connectivity index is 0.00000112. The average Bonchev–Trinajstić information content (AvgIpc) is 2.19. The third-order valence-corrected chi connectivity index (χ3v) is 2.29. The Hall–Kier alpha value is -1.06. The molecule has 0 aliphatic rings. The first-order chi connectivity index (χ1) is 6.75. The lowest BCUT2D eigenvalue weighted by atomic mass is 10.1. The van der Waals surface area contributed by atoms with Crippen LogP contribution in [0.1, 0.15) is 0 Å². The second-order valence-electron chi connectivity index (χ2n) is 2.93. The van der Waals surface area contributed by atoms with Gasteiger partial charge in [-0.3, -0.25) is 4.98 Å². The van der Waals surface area contributed by atoms with Crippen molar-refractivity contribution in [1.29, 1.82) is 0 Å².